The Morgan fingerprint density at radius 3 is 1.59 bits per heavy atom. The van der Waals surface area contributed by atoms with Gasteiger partial charge in [0.05, 0.1) is 0 Å². The average molecular weight is 628 g/mol. The average Bonchev–Trinajstić information content (AvgIpc) is 3.18. The van der Waals surface area contributed by atoms with Gasteiger partial charge >= 0.3 is 0 Å². The molecule has 2 nitrogen and oxygen atoms in total. The third-order valence-corrected chi connectivity index (χ3v) is 9.67. The fourth-order valence-corrected chi connectivity index (χ4v) is 7.43. The molecule has 0 aromatic heterocycles. The Kier molecular flexibility index (Phi) is 7.06. The molecule has 0 N–H and O–H groups in total. The van der Waals surface area contributed by atoms with Gasteiger partial charge in [0.1, 0.15) is 5.75 Å². The second-order valence-electron chi connectivity index (χ2n) is 12.5. The maximum atomic E-state index is 7.53. The number of ether oxygens (including phenoxy) is 1. The molecule has 0 atom stereocenters. The van der Waals surface area contributed by atoms with Gasteiger partial charge in [0.2, 0.25) is 0 Å². The Balaban J connectivity index is 1.31. The van der Waals surface area contributed by atoms with Gasteiger partial charge in [-0.2, -0.15) is 0 Å². The molecular formula is C47H33NO. The fraction of sp³-hybridized carbons (Fsp3) is 0.0213. The van der Waals surface area contributed by atoms with Crippen molar-refractivity contribution in [1.29, 1.82) is 0 Å². The summed E-state index contributed by atoms with van der Waals surface area (Å²) in [5.74, 6) is 0.840. The standard InChI is InChI=1S/C47H33NO/c1-5-18-36(19-6-1)47(37-20-7-2-8-21-37)45-32-35(42-27-15-17-34-16-13-14-26-41(34)42)28-30-43(45)44-31-29-40(33-46(44)49-47)48(38-22-9-3-10-23-38)39-24-11-4-12-25-39/h1-33H. The van der Waals surface area contributed by atoms with Gasteiger partial charge in [0, 0.05) is 45.4 Å². The van der Waals surface area contributed by atoms with Crippen LogP contribution >= 0.6 is 0 Å². The molecule has 8 aromatic rings. The lowest BCUT2D eigenvalue weighted by Crippen LogP contribution is -2.38. The lowest BCUT2D eigenvalue weighted by Gasteiger charge is -2.42. The highest BCUT2D eigenvalue weighted by atomic mass is 16.5. The number of hydrogen-bond donors (Lipinski definition) is 0. The summed E-state index contributed by atoms with van der Waals surface area (Å²) < 4.78 is 7.53. The Bertz CT molecular complexity index is 2320. The minimum atomic E-state index is -0.894. The van der Waals surface area contributed by atoms with Gasteiger partial charge in [0.25, 0.3) is 0 Å². The smallest absolute Gasteiger partial charge is 0.185 e. The Morgan fingerprint density at radius 2 is 0.939 bits per heavy atom. The molecule has 8 aromatic carbocycles. The molecule has 49 heavy (non-hydrogen) atoms. The first-order valence-electron chi connectivity index (χ1n) is 16.8. The summed E-state index contributed by atoms with van der Waals surface area (Å²) in [5, 5.41) is 2.46. The maximum absolute atomic E-state index is 7.53. The number of anilines is 3. The lowest BCUT2D eigenvalue weighted by atomic mass is 9.74. The fourth-order valence-electron chi connectivity index (χ4n) is 7.43. The molecule has 2 heteroatoms. The summed E-state index contributed by atoms with van der Waals surface area (Å²) in [6, 6.07) is 71.1. The van der Waals surface area contributed by atoms with E-state index in [2.05, 4.69) is 205 Å². The molecule has 0 spiro atoms. The largest absolute Gasteiger partial charge is 0.472 e. The van der Waals surface area contributed by atoms with Crippen LogP contribution in [0.3, 0.4) is 0 Å². The first-order valence-corrected chi connectivity index (χ1v) is 16.8. The summed E-state index contributed by atoms with van der Waals surface area (Å²) >= 11 is 0. The molecule has 1 aliphatic heterocycles. The van der Waals surface area contributed by atoms with Crippen LogP contribution in [0.4, 0.5) is 17.1 Å². The van der Waals surface area contributed by atoms with Crippen molar-refractivity contribution in [2.45, 2.75) is 5.60 Å². The minimum Gasteiger partial charge on any atom is -0.472 e. The van der Waals surface area contributed by atoms with Crippen LogP contribution in [-0.4, -0.2) is 0 Å². The zero-order valence-corrected chi connectivity index (χ0v) is 26.9. The number of para-hydroxylation sites is 2. The first kappa shape index (κ1) is 28.8. The van der Waals surface area contributed by atoms with Gasteiger partial charge in [-0.05, 0) is 69.9 Å². The Labute approximate surface area is 287 Å². The van der Waals surface area contributed by atoms with Crippen LogP contribution in [0.1, 0.15) is 16.7 Å². The second kappa shape index (κ2) is 12.0. The molecule has 9 rings (SSSR count). The highest BCUT2D eigenvalue weighted by Gasteiger charge is 2.44. The van der Waals surface area contributed by atoms with Gasteiger partial charge in [-0.15, -0.1) is 0 Å². The highest BCUT2D eigenvalue weighted by Crippen LogP contribution is 2.54. The molecule has 1 aliphatic rings. The van der Waals surface area contributed by atoms with Crippen LogP contribution in [-0.2, 0) is 5.60 Å². The third-order valence-electron chi connectivity index (χ3n) is 9.67. The number of nitrogens with zero attached hydrogens (tertiary/aromatic N) is 1. The number of benzene rings is 8. The lowest BCUT2D eigenvalue weighted by molar-refractivity contribution is 0.152. The van der Waals surface area contributed by atoms with Crippen molar-refractivity contribution in [3.8, 4) is 28.0 Å². The molecule has 0 aliphatic carbocycles. The first-order chi connectivity index (χ1) is 24.3. The summed E-state index contributed by atoms with van der Waals surface area (Å²) in [4.78, 5) is 2.29. The zero-order chi connectivity index (χ0) is 32.6. The normalized spacial score (nSPS) is 12.8. The van der Waals surface area contributed by atoms with E-state index in [0.29, 0.717) is 0 Å². The minimum absolute atomic E-state index is 0.840. The number of hydrogen-bond acceptors (Lipinski definition) is 2. The van der Waals surface area contributed by atoms with E-state index in [1.165, 1.54) is 16.3 Å². The molecule has 0 bridgehead atoms. The molecule has 0 unspecified atom stereocenters. The Hall–Kier alpha value is -6.38. The maximum Gasteiger partial charge on any atom is 0.185 e. The monoisotopic (exact) mass is 627 g/mol. The van der Waals surface area contributed by atoms with Crippen molar-refractivity contribution < 1.29 is 4.74 Å². The van der Waals surface area contributed by atoms with E-state index in [4.69, 9.17) is 4.74 Å². The van der Waals surface area contributed by atoms with Gasteiger partial charge in [-0.1, -0.05) is 152 Å². The van der Waals surface area contributed by atoms with E-state index in [1.54, 1.807) is 0 Å². The summed E-state index contributed by atoms with van der Waals surface area (Å²) in [5.41, 5.74) is 10.2. The number of fused-ring (bicyclic) bond motifs is 4. The number of rotatable bonds is 6. The van der Waals surface area contributed by atoms with E-state index in [0.717, 1.165) is 56.2 Å². The summed E-state index contributed by atoms with van der Waals surface area (Å²) in [6.45, 7) is 0. The predicted molar refractivity (Wildman–Crippen MR) is 203 cm³/mol. The van der Waals surface area contributed by atoms with E-state index in [1.807, 2.05) is 0 Å². The van der Waals surface area contributed by atoms with Crippen molar-refractivity contribution >= 4 is 27.8 Å². The molecule has 1 heterocycles. The molecule has 0 amide bonds. The van der Waals surface area contributed by atoms with E-state index in [-0.39, 0.29) is 0 Å². The predicted octanol–water partition coefficient (Wildman–Crippen LogP) is 12.3. The van der Waals surface area contributed by atoms with Crippen molar-refractivity contribution in [3.05, 3.63) is 217 Å². The SMILES string of the molecule is c1ccc(N(c2ccccc2)c2ccc3c(c2)OC(c2ccccc2)(c2ccccc2)c2cc(-c4cccc5ccccc45)ccc2-3)cc1. The van der Waals surface area contributed by atoms with Crippen molar-refractivity contribution in [1.82, 2.24) is 0 Å². The molecule has 0 saturated heterocycles. The van der Waals surface area contributed by atoms with E-state index in [9.17, 15) is 0 Å². The van der Waals surface area contributed by atoms with Crippen LogP contribution < -0.4 is 9.64 Å². The van der Waals surface area contributed by atoms with Crippen molar-refractivity contribution in [2.75, 3.05) is 4.90 Å². The molecular weight excluding hydrogens is 595 g/mol. The quantitative estimate of drug-likeness (QED) is 0.182. The van der Waals surface area contributed by atoms with Crippen LogP contribution in [0.15, 0.2) is 200 Å². The van der Waals surface area contributed by atoms with Crippen LogP contribution in [0.2, 0.25) is 0 Å². The molecule has 0 fully saturated rings. The van der Waals surface area contributed by atoms with Crippen molar-refractivity contribution in [2.24, 2.45) is 0 Å². The Morgan fingerprint density at radius 1 is 0.388 bits per heavy atom. The van der Waals surface area contributed by atoms with Crippen LogP contribution in [0.25, 0.3) is 33.0 Å². The van der Waals surface area contributed by atoms with Gasteiger partial charge in [0.15, 0.2) is 5.60 Å². The van der Waals surface area contributed by atoms with Gasteiger partial charge in [-0.25, -0.2) is 0 Å². The summed E-state index contributed by atoms with van der Waals surface area (Å²) in [7, 11) is 0. The van der Waals surface area contributed by atoms with E-state index >= 15 is 0 Å². The van der Waals surface area contributed by atoms with Crippen molar-refractivity contribution in [3.63, 3.8) is 0 Å². The van der Waals surface area contributed by atoms with E-state index < -0.39 is 5.60 Å². The van der Waals surface area contributed by atoms with Gasteiger partial charge < -0.3 is 9.64 Å². The molecule has 0 radical (unpaired) electrons. The highest BCUT2D eigenvalue weighted by molar-refractivity contribution is 5.97. The van der Waals surface area contributed by atoms with Crippen LogP contribution in [0.5, 0.6) is 5.75 Å². The molecule has 0 saturated carbocycles. The van der Waals surface area contributed by atoms with Gasteiger partial charge in [-0.3, -0.25) is 0 Å². The molecule has 232 valence electrons. The zero-order valence-electron chi connectivity index (χ0n) is 26.9. The second-order valence-corrected chi connectivity index (χ2v) is 12.5. The topological polar surface area (TPSA) is 12.5 Å². The third kappa shape index (κ3) is 4.89. The van der Waals surface area contributed by atoms with Crippen LogP contribution in [0, 0.1) is 0 Å². The summed E-state index contributed by atoms with van der Waals surface area (Å²) in [6.07, 6.45) is 0.